The van der Waals surface area contributed by atoms with E-state index in [4.69, 9.17) is 0 Å². The molecule has 1 aromatic rings. The zero-order chi connectivity index (χ0) is 9.14. The minimum absolute atomic E-state index is 0.341. The molecular weight excluding hydrogens is 155 g/mol. The summed E-state index contributed by atoms with van der Waals surface area (Å²) in [5.74, 6) is -1.56. The van der Waals surface area contributed by atoms with Crippen molar-refractivity contribution < 1.29 is 9.18 Å². The van der Waals surface area contributed by atoms with Gasteiger partial charge >= 0.3 is 0 Å². The Kier molecular flexibility index (Phi) is 2.38. The minimum atomic E-state index is -0.918. The topological polar surface area (TPSA) is 17.1 Å². The Morgan fingerprint density at radius 2 is 1.83 bits per heavy atom. The number of halogens is 1. The minimum Gasteiger partial charge on any atom is -0.286 e. The van der Waals surface area contributed by atoms with Crippen LogP contribution in [-0.4, -0.2) is 5.78 Å². The summed E-state index contributed by atoms with van der Waals surface area (Å²) in [6, 6.07) is 6.69. The first kappa shape index (κ1) is 8.65. The third-order valence-corrected chi connectivity index (χ3v) is 1.56. The third-order valence-electron chi connectivity index (χ3n) is 1.56. The quantitative estimate of drug-likeness (QED) is 0.485. The Bertz CT molecular complexity index is 311. The molecule has 0 aromatic heterocycles. The zero-order valence-electron chi connectivity index (χ0n) is 6.80. The van der Waals surface area contributed by atoms with Crippen molar-refractivity contribution in [2.45, 2.75) is 6.92 Å². The molecule has 0 atom stereocenters. The van der Waals surface area contributed by atoms with E-state index >= 15 is 0 Å². The fourth-order valence-electron chi connectivity index (χ4n) is 0.862. The van der Waals surface area contributed by atoms with Gasteiger partial charge in [0.05, 0.1) is 0 Å². The number of hydrogen-bond acceptors (Lipinski definition) is 1. The number of Topliss-reactive ketones (excluding diaryl/α,β-unsaturated/α-hetero) is 1. The van der Waals surface area contributed by atoms with Crippen LogP contribution in [0.2, 0.25) is 0 Å². The molecule has 0 aliphatic carbocycles. The summed E-state index contributed by atoms with van der Waals surface area (Å²) in [6.45, 7) is 4.84. The normalized spacial score (nSPS) is 9.50. The van der Waals surface area contributed by atoms with Crippen molar-refractivity contribution in [3.05, 3.63) is 47.8 Å². The Balaban J connectivity index is 2.98. The molecule has 0 bridgehead atoms. The average molecular weight is 164 g/mol. The molecular formula is C10H9FO. The number of allylic oxidation sites excluding steroid dienone is 1. The number of aryl methyl sites for hydroxylation is 1. The van der Waals surface area contributed by atoms with Crippen LogP contribution in [0.25, 0.3) is 0 Å². The highest BCUT2D eigenvalue weighted by molar-refractivity contribution is 6.06. The third kappa shape index (κ3) is 1.78. The van der Waals surface area contributed by atoms with Crippen molar-refractivity contribution >= 4 is 5.78 Å². The highest BCUT2D eigenvalue weighted by atomic mass is 19.1. The lowest BCUT2D eigenvalue weighted by Gasteiger charge is -1.96. The van der Waals surface area contributed by atoms with Gasteiger partial charge in [0.15, 0.2) is 5.83 Å². The van der Waals surface area contributed by atoms with Crippen LogP contribution in [-0.2, 0) is 0 Å². The van der Waals surface area contributed by atoms with Crippen molar-refractivity contribution in [1.82, 2.24) is 0 Å². The molecule has 12 heavy (non-hydrogen) atoms. The van der Waals surface area contributed by atoms with E-state index in [1.807, 2.05) is 6.92 Å². The first-order valence-electron chi connectivity index (χ1n) is 3.57. The van der Waals surface area contributed by atoms with E-state index in [9.17, 15) is 9.18 Å². The second-order valence-electron chi connectivity index (χ2n) is 2.60. The maximum atomic E-state index is 12.3. The van der Waals surface area contributed by atoms with Gasteiger partial charge in [-0.3, -0.25) is 4.79 Å². The Labute approximate surface area is 70.5 Å². The molecule has 1 aromatic carbocycles. The van der Waals surface area contributed by atoms with Crippen molar-refractivity contribution in [3.63, 3.8) is 0 Å². The molecule has 0 aliphatic rings. The van der Waals surface area contributed by atoms with Crippen molar-refractivity contribution in [2.24, 2.45) is 0 Å². The van der Waals surface area contributed by atoms with E-state index in [-0.39, 0.29) is 0 Å². The van der Waals surface area contributed by atoms with Crippen LogP contribution in [0.1, 0.15) is 15.9 Å². The Hall–Kier alpha value is -1.44. The summed E-state index contributed by atoms with van der Waals surface area (Å²) in [5, 5.41) is 0. The van der Waals surface area contributed by atoms with Gasteiger partial charge in [-0.05, 0) is 6.92 Å². The Morgan fingerprint density at radius 1 is 1.33 bits per heavy atom. The summed E-state index contributed by atoms with van der Waals surface area (Å²) < 4.78 is 12.3. The Morgan fingerprint density at radius 3 is 2.25 bits per heavy atom. The van der Waals surface area contributed by atoms with Crippen LogP contribution >= 0.6 is 0 Å². The van der Waals surface area contributed by atoms with Crippen LogP contribution in [0.4, 0.5) is 4.39 Å². The average Bonchev–Trinajstić information content (AvgIpc) is 2.04. The van der Waals surface area contributed by atoms with Crippen molar-refractivity contribution in [2.75, 3.05) is 0 Å². The summed E-state index contributed by atoms with van der Waals surface area (Å²) in [7, 11) is 0. The molecule has 0 saturated carbocycles. The van der Waals surface area contributed by atoms with Crippen molar-refractivity contribution in [1.29, 1.82) is 0 Å². The van der Waals surface area contributed by atoms with Crippen LogP contribution in [0.15, 0.2) is 36.7 Å². The maximum absolute atomic E-state index is 12.3. The number of carbonyl (C=O) groups is 1. The number of carbonyl (C=O) groups excluding carboxylic acids is 1. The number of rotatable bonds is 2. The number of ketones is 1. The summed E-state index contributed by atoms with van der Waals surface area (Å²) in [5.41, 5.74) is 1.38. The molecule has 0 N–H and O–H groups in total. The summed E-state index contributed by atoms with van der Waals surface area (Å²) >= 11 is 0. The van der Waals surface area contributed by atoms with Gasteiger partial charge in [-0.1, -0.05) is 36.4 Å². The second-order valence-corrected chi connectivity index (χ2v) is 2.60. The lowest BCUT2D eigenvalue weighted by molar-refractivity contribution is 0.100. The molecule has 0 unspecified atom stereocenters. The van der Waals surface area contributed by atoms with Gasteiger partial charge in [0.1, 0.15) is 0 Å². The molecule has 1 nitrogen and oxygen atoms in total. The fourth-order valence-corrected chi connectivity index (χ4v) is 0.862. The second kappa shape index (κ2) is 3.30. The van der Waals surface area contributed by atoms with E-state index in [1.165, 1.54) is 0 Å². The fraction of sp³-hybridized carbons (Fsp3) is 0.100. The van der Waals surface area contributed by atoms with Gasteiger partial charge in [-0.2, -0.15) is 0 Å². The molecule has 1 rings (SSSR count). The van der Waals surface area contributed by atoms with Crippen LogP contribution < -0.4 is 0 Å². The van der Waals surface area contributed by atoms with E-state index in [2.05, 4.69) is 6.58 Å². The van der Waals surface area contributed by atoms with Crippen LogP contribution in [0.3, 0.4) is 0 Å². The van der Waals surface area contributed by atoms with E-state index in [1.54, 1.807) is 24.3 Å². The molecule has 0 heterocycles. The molecule has 0 saturated heterocycles. The van der Waals surface area contributed by atoms with E-state index in [0.717, 1.165) is 5.56 Å². The monoisotopic (exact) mass is 164 g/mol. The first-order chi connectivity index (χ1) is 5.61. The van der Waals surface area contributed by atoms with Gasteiger partial charge in [0, 0.05) is 5.56 Å². The van der Waals surface area contributed by atoms with Crippen LogP contribution in [0, 0.1) is 6.92 Å². The lowest BCUT2D eigenvalue weighted by atomic mass is 10.1. The van der Waals surface area contributed by atoms with E-state index < -0.39 is 11.6 Å². The predicted molar refractivity (Wildman–Crippen MR) is 45.8 cm³/mol. The predicted octanol–water partition coefficient (Wildman–Crippen LogP) is 2.66. The standard InChI is InChI=1S/C10H9FO/c1-7-3-5-9(6-4-7)10(12)8(2)11/h3-6H,2H2,1H3. The maximum Gasteiger partial charge on any atom is 0.220 e. The lowest BCUT2D eigenvalue weighted by Crippen LogP contribution is -1.97. The first-order valence-corrected chi connectivity index (χ1v) is 3.57. The van der Waals surface area contributed by atoms with Gasteiger partial charge in [0.2, 0.25) is 5.78 Å². The van der Waals surface area contributed by atoms with Crippen molar-refractivity contribution in [3.8, 4) is 0 Å². The highest BCUT2D eigenvalue weighted by Gasteiger charge is 2.07. The van der Waals surface area contributed by atoms with Crippen LogP contribution in [0.5, 0.6) is 0 Å². The number of hydrogen-bond donors (Lipinski definition) is 0. The SMILES string of the molecule is C=C(F)C(=O)c1ccc(C)cc1. The number of benzene rings is 1. The highest BCUT2D eigenvalue weighted by Crippen LogP contribution is 2.08. The van der Waals surface area contributed by atoms with Gasteiger partial charge < -0.3 is 0 Å². The zero-order valence-corrected chi connectivity index (χ0v) is 6.80. The summed E-state index contributed by atoms with van der Waals surface area (Å²) in [6.07, 6.45) is 0. The molecule has 0 amide bonds. The molecule has 0 fully saturated rings. The molecule has 62 valence electrons. The largest absolute Gasteiger partial charge is 0.286 e. The molecule has 0 spiro atoms. The van der Waals surface area contributed by atoms with Gasteiger partial charge in [-0.15, -0.1) is 0 Å². The smallest absolute Gasteiger partial charge is 0.220 e. The van der Waals surface area contributed by atoms with Gasteiger partial charge in [0.25, 0.3) is 0 Å². The van der Waals surface area contributed by atoms with Gasteiger partial charge in [-0.25, -0.2) is 4.39 Å². The van der Waals surface area contributed by atoms with E-state index in [0.29, 0.717) is 5.56 Å². The summed E-state index contributed by atoms with van der Waals surface area (Å²) in [4.78, 5) is 11.0. The molecule has 0 radical (unpaired) electrons. The molecule has 0 aliphatic heterocycles. The molecule has 2 heteroatoms.